The lowest BCUT2D eigenvalue weighted by Gasteiger charge is -2.10. The summed E-state index contributed by atoms with van der Waals surface area (Å²) in [7, 11) is 0. The molecular formula is C20H21F2N7O. The van der Waals surface area contributed by atoms with Crippen LogP contribution in [0.5, 0.6) is 0 Å². The van der Waals surface area contributed by atoms with Gasteiger partial charge < -0.3 is 14.6 Å². The Balaban J connectivity index is 1.46. The number of fused-ring (bicyclic) bond motifs is 2. The summed E-state index contributed by atoms with van der Waals surface area (Å²) in [6.07, 6.45) is 5.14. The molecule has 0 spiro atoms. The number of anilines is 1. The molecule has 0 amide bonds. The number of pyridine rings is 1. The van der Waals surface area contributed by atoms with E-state index in [0.29, 0.717) is 29.5 Å². The van der Waals surface area contributed by atoms with E-state index in [1.807, 2.05) is 18.3 Å². The van der Waals surface area contributed by atoms with Gasteiger partial charge in [-0.05, 0) is 31.9 Å². The molecule has 4 aromatic heterocycles. The van der Waals surface area contributed by atoms with E-state index in [2.05, 4.69) is 25.4 Å². The van der Waals surface area contributed by atoms with Crippen molar-refractivity contribution < 1.29 is 13.5 Å². The first-order valence-electron chi connectivity index (χ1n) is 9.90. The molecule has 5 rings (SSSR count). The van der Waals surface area contributed by atoms with Crippen LogP contribution in [-0.4, -0.2) is 54.8 Å². The van der Waals surface area contributed by atoms with Crippen LogP contribution in [0.25, 0.3) is 27.8 Å². The highest BCUT2D eigenvalue weighted by Gasteiger charge is 2.17. The molecule has 1 saturated heterocycles. The minimum Gasteiger partial charge on any atom is -0.376 e. The monoisotopic (exact) mass is 413 g/mol. The molecule has 5 heterocycles. The third-order valence-electron chi connectivity index (χ3n) is 5.36. The number of alkyl halides is 2. The predicted octanol–water partition coefficient (Wildman–Crippen LogP) is 3.31. The Morgan fingerprint density at radius 1 is 1.27 bits per heavy atom. The summed E-state index contributed by atoms with van der Waals surface area (Å²) < 4.78 is 34.8. The van der Waals surface area contributed by atoms with Crippen molar-refractivity contribution in [1.29, 1.82) is 0 Å². The average molecular weight is 413 g/mol. The quantitative estimate of drug-likeness (QED) is 0.522. The summed E-state index contributed by atoms with van der Waals surface area (Å²) in [6, 6.07) is 3.75. The maximum absolute atomic E-state index is 13.0. The van der Waals surface area contributed by atoms with E-state index in [1.54, 1.807) is 23.8 Å². The summed E-state index contributed by atoms with van der Waals surface area (Å²) in [4.78, 5) is 13.1. The Bertz CT molecular complexity index is 1200. The zero-order chi connectivity index (χ0) is 20.7. The molecule has 156 valence electrons. The van der Waals surface area contributed by atoms with E-state index in [-0.39, 0.29) is 6.10 Å². The number of imidazole rings is 1. The Morgan fingerprint density at radius 3 is 2.97 bits per heavy atom. The van der Waals surface area contributed by atoms with Gasteiger partial charge in [-0.15, -0.1) is 5.10 Å². The zero-order valence-electron chi connectivity index (χ0n) is 16.4. The fraction of sp³-hybridized carbons (Fsp3) is 0.400. The minimum absolute atomic E-state index is 0.198. The van der Waals surface area contributed by atoms with Crippen LogP contribution in [0.1, 0.15) is 18.7 Å². The maximum atomic E-state index is 13.0. The number of aryl methyl sites for hydroxylation is 1. The van der Waals surface area contributed by atoms with Gasteiger partial charge in [0.25, 0.3) is 6.43 Å². The van der Waals surface area contributed by atoms with E-state index in [4.69, 9.17) is 4.74 Å². The molecule has 30 heavy (non-hydrogen) atoms. The van der Waals surface area contributed by atoms with Crippen molar-refractivity contribution in [2.24, 2.45) is 0 Å². The SMILES string of the molecule is Cc1nc2ncc(-c3ccn4nc(NCC5CCCO5)ncc34)cc2n1CC(F)F. The highest BCUT2D eigenvalue weighted by atomic mass is 19.3. The molecule has 0 bridgehead atoms. The first-order chi connectivity index (χ1) is 14.6. The number of hydrogen-bond acceptors (Lipinski definition) is 6. The molecule has 1 fully saturated rings. The van der Waals surface area contributed by atoms with Crippen LogP contribution in [0.4, 0.5) is 14.7 Å². The first kappa shape index (κ1) is 18.9. The number of rotatable bonds is 6. The van der Waals surface area contributed by atoms with Crippen molar-refractivity contribution >= 4 is 22.6 Å². The van der Waals surface area contributed by atoms with Gasteiger partial charge >= 0.3 is 0 Å². The minimum atomic E-state index is -2.46. The molecule has 8 nitrogen and oxygen atoms in total. The Kier molecular flexibility index (Phi) is 4.78. The lowest BCUT2D eigenvalue weighted by molar-refractivity contribution is 0.120. The molecule has 1 atom stereocenters. The third-order valence-corrected chi connectivity index (χ3v) is 5.36. The molecule has 4 aromatic rings. The molecule has 1 N–H and O–H groups in total. The van der Waals surface area contributed by atoms with Crippen LogP contribution >= 0.6 is 0 Å². The molecule has 10 heteroatoms. The summed E-state index contributed by atoms with van der Waals surface area (Å²) >= 11 is 0. The maximum Gasteiger partial charge on any atom is 0.256 e. The Morgan fingerprint density at radius 2 is 2.17 bits per heavy atom. The molecular weight excluding hydrogens is 392 g/mol. The number of halogens is 2. The normalized spacial score (nSPS) is 16.9. The number of ether oxygens (including phenoxy) is 1. The van der Waals surface area contributed by atoms with E-state index in [1.165, 1.54) is 4.57 Å². The summed E-state index contributed by atoms with van der Waals surface area (Å²) in [5.74, 6) is 1.04. The van der Waals surface area contributed by atoms with Gasteiger partial charge in [-0.2, -0.15) is 0 Å². The smallest absolute Gasteiger partial charge is 0.256 e. The molecule has 1 unspecified atom stereocenters. The van der Waals surface area contributed by atoms with E-state index >= 15 is 0 Å². The van der Waals surface area contributed by atoms with Gasteiger partial charge in [-0.25, -0.2) is 28.2 Å². The Hall–Kier alpha value is -3.14. The topological polar surface area (TPSA) is 82.2 Å². The fourth-order valence-electron chi connectivity index (χ4n) is 3.87. The molecule has 0 saturated carbocycles. The molecule has 1 aliphatic heterocycles. The van der Waals surface area contributed by atoms with E-state index < -0.39 is 13.0 Å². The lowest BCUT2D eigenvalue weighted by atomic mass is 10.1. The van der Waals surface area contributed by atoms with Crippen molar-refractivity contribution in [3.63, 3.8) is 0 Å². The molecule has 0 radical (unpaired) electrons. The second-order valence-corrected chi connectivity index (χ2v) is 7.38. The molecule has 0 aliphatic carbocycles. The van der Waals surface area contributed by atoms with E-state index in [0.717, 1.165) is 36.1 Å². The van der Waals surface area contributed by atoms with Crippen LogP contribution in [-0.2, 0) is 11.3 Å². The van der Waals surface area contributed by atoms with Crippen molar-refractivity contribution in [3.05, 3.63) is 36.5 Å². The van der Waals surface area contributed by atoms with Gasteiger partial charge in [0.2, 0.25) is 5.95 Å². The van der Waals surface area contributed by atoms with Gasteiger partial charge in [-0.1, -0.05) is 0 Å². The highest BCUT2D eigenvalue weighted by molar-refractivity contribution is 5.85. The van der Waals surface area contributed by atoms with Gasteiger partial charge in [0, 0.05) is 36.7 Å². The van der Waals surface area contributed by atoms with Crippen molar-refractivity contribution in [1.82, 2.24) is 29.1 Å². The lowest BCUT2D eigenvalue weighted by Crippen LogP contribution is -2.20. The highest BCUT2D eigenvalue weighted by Crippen LogP contribution is 2.28. The molecule has 0 aromatic carbocycles. The van der Waals surface area contributed by atoms with Crippen molar-refractivity contribution in [3.8, 4) is 11.1 Å². The zero-order valence-corrected chi connectivity index (χ0v) is 16.4. The van der Waals surface area contributed by atoms with Crippen LogP contribution < -0.4 is 5.32 Å². The Labute approximate surface area is 170 Å². The average Bonchev–Trinajstić information content (AvgIpc) is 3.45. The number of hydrogen-bond donors (Lipinski definition) is 1. The largest absolute Gasteiger partial charge is 0.376 e. The first-order valence-corrected chi connectivity index (χ1v) is 9.90. The van der Waals surface area contributed by atoms with Crippen LogP contribution in [0, 0.1) is 6.92 Å². The predicted molar refractivity (Wildman–Crippen MR) is 108 cm³/mol. The summed E-state index contributed by atoms with van der Waals surface area (Å²) in [5.41, 5.74) is 3.51. The fourth-order valence-corrected chi connectivity index (χ4v) is 3.87. The second-order valence-electron chi connectivity index (χ2n) is 7.38. The summed E-state index contributed by atoms with van der Waals surface area (Å²) in [5, 5.41) is 7.72. The number of aromatic nitrogens is 6. The van der Waals surface area contributed by atoms with Crippen molar-refractivity contribution in [2.75, 3.05) is 18.5 Å². The van der Waals surface area contributed by atoms with Crippen LogP contribution in [0.3, 0.4) is 0 Å². The van der Waals surface area contributed by atoms with E-state index in [9.17, 15) is 8.78 Å². The number of nitrogens with one attached hydrogen (secondary N) is 1. The second kappa shape index (κ2) is 7.60. The van der Waals surface area contributed by atoms with Gasteiger partial charge in [0.1, 0.15) is 5.82 Å². The third kappa shape index (κ3) is 3.47. The van der Waals surface area contributed by atoms with Gasteiger partial charge in [0.05, 0.1) is 29.9 Å². The molecule has 1 aliphatic rings. The van der Waals surface area contributed by atoms with Gasteiger partial charge in [-0.3, -0.25) is 0 Å². The number of nitrogens with zero attached hydrogens (tertiary/aromatic N) is 6. The van der Waals surface area contributed by atoms with Crippen LogP contribution in [0.15, 0.2) is 30.7 Å². The van der Waals surface area contributed by atoms with Crippen molar-refractivity contribution in [2.45, 2.75) is 38.8 Å². The summed E-state index contributed by atoms with van der Waals surface area (Å²) in [6.45, 7) is 2.78. The van der Waals surface area contributed by atoms with Crippen LogP contribution in [0.2, 0.25) is 0 Å². The van der Waals surface area contributed by atoms with Gasteiger partial charge in [0.15, 0.2) is 5.65 Å². The standard InChI is InChI=1S/C20H21F2N7O/c1-12-26-19-16(28(12)11-18(21)22)7-13(8-23-19)15-4-5-29-17(15)10-25-20(27-29)24-9-14-3-2-6-30-14/h4-5,7-8,10,14,18H,2-3,6,9,11H2,1H3,(H,24,27).